The molecule has 0 bridgehead atoms. The lowest BCUT2D eigenvalue weighted by atomic mass is 9.84. The normalized spacial score (nSPS) is 29.0. The summed E-state index contributed by atoms with van der Waals surface area (Å²) in [5, 5.41) is 10.7. The van der Waals surface area contributed by atoms with Crippen LogP contribution in [0.25, 0.3) is 0 Å². The molecule has 3 heteroatoms. The summed E-state index contributed by atoms with van der Waals surface area (Å²) in [6, 6.07) is 0. The average Bonchev–Trinajstić information content (AvgIpc) is 2.62. The van der Waals surface area contributed by atoms with E-state index in [2.05, 4.69) is 74.5 Å². The van der Waals surface area contributed by atoms with Crippen LogP contribution in [0.5, 0.6) is 0 Å². The van der Waals surface area contributed by atoms with E-state index in [1.807, 2.05) is 0 Å². The maximum atomic E-state index is 10.7. The van der Waals surface area contributed by atoms with Gasteiger partial charge in [-0.25, -0.2) is 0 Å². The largest absolute Gasteiger partial charge is 0.412 e. The van der Waals surface area contributed by atoms with Gasteiger partial charge in [-0.1, -0.05) is 80.0 Å². The van der Waals surface area contributed by atoms with E-state index in [1.54, 1.807) is 0 Å². The summed E-state index contributed by atoms with van der Waals surface area (Å²) in [5.74, 6) is 0.677. The Morgan fingerprint density at radius 1 is 1.12 bits per heavy atom. The molecule has 2 rings (SSSR count). The lowest BCUT2D eigenvalue weighted by Gasteiger charge is -2.42. The van der Waals surface area contributed by atoms with Crippen LogP contribution >= 0.6 is 0 Å². The molecule has 1 N–H and O–H groups in total. The Bertz CT molecular complexity index is 535. The van der Waals surface area contributed by atoms with Crippen LogP contribution < -0.4 is 0 Å². The van der Waals surface area contributed by atoms with Gasteiger partial charge in [0.15, 0.2) is 0 Å². The van der Waals surface area contributed by atoms with Crippen LogP contribution in [0.15, 0.2) is 23.3 Å². The number of allylic oxidation sites excluding steroid dienone is 1. The van der Waals surface area contributed by atoms with E-state index in [9.17, 15) is 5.11 Å². The van der Waals surface area contributed by atoms with E-state index in [4.69, 9.17) is 4.43 Å². The van der Waals surface area contributed by atoms with Gasteiger partial charge in [0.2, 0.25) is 8.32 Å². The number of fused-ring (bicyclic) bond motifs is 1. The third-order valence-electron chi connectivity index (χ3n) is 7.19. The SMILES string of the molecule is CC(C)[Si](OCC1=C[C@H]2C(=CC[C@H]1C)C(C)(C)CC2O)(C(C)C)C(C)C. The Kier molecular flexibility index (Phi) is 6.68. The molecule has 1 saturated carbocycles. The molecule has 0 saturated heterocycles. The first-order valence-corrected chi connectivity index (χ1v) is 12.8. The third-order valence-corrected chi connectivity index (χ3v) is 13.2. The fraction of sp³-hybridized carbons (Fsp3) is 0.826. The van der Waals surface area contributed by atoms with Crippen molar-refractivity contribution in [1.82, 2.24) is 0 Å². The van der Waals surface area contributed by atoms with Crippen LogP contribution in [0.2, 0.25) is 16.6 Å². The van der Waals surface area contributed by atoms with E-state index in [0.29, 0.717) is 22.5 Å². The molecule has 0 aromatic heterocycles. The maximum Gasteiger partial charge on any atom is 0.200 e. The zero-order valence-corrected chi connectivity index (χ0v) is 19.6. The summed E-state index contributed by atoms with van der Waals surface area (Å²) in [6.45, 7) is 21.7. The molecule has 3 atom stereocenters. The summed E-state index contributed by atoms with van der Waals surface area (Å²) in [6.07, 6.45) is 6.46. The second kappa shape index (κ2) is 7.93. The molecule has 0 spiro atoms. The average molecular weight is 379 g/mol. The van der Waals surface area contributed by atoms with Crippen molar-refractivity contribution in [2.45, 2.75) is 97.9 Å². The number of aliphatic hydroxyl groups is 1. The predicted octanol–water partition coefficient (Wildman–Crippen LogP) is 6.48. The highest BCUT2D eigenvalue weighted by Gasteiger charge is 2.46. The monoisotopic (exact) mass is 378 g/mol. The van der Waals surface area contributed by atoms with Gasteiger partial charge in [0.1, 0.15) is 0 Å². The second-order valence-electron chi connectivity index (χ2n) is 10.3. The first-order chi connectivity index (χ1) is 11.9. The standard InChI is InChI=1S/C23H42O2Si/c1-15(2)26(16(3)4,17(5)6)25-14-19-12-20-21(11-10-18(19)7)23(8,9)13-22(20)24/h11-12,15-18,20,22,24H,10,13-14H2,1-9H3/t18-,20+,22?/m1/s1. The van der Waals surface area contributed by atoms with Crippen LogP contribution in [0.3, 0.4) is 0 Å². The van der Waals surface area contributed by atoms with Crippen LogP contribution in [-0.4, -0.2) is 26.1 Å². The van der Waals surface area contributed by atoms with Gasteiger partial charge in [0.25, 0.3) is 0 Å². The Balaban J connectivity index is 2.27. The molecule has 150 valence electrons. The molecule has 1 fully saturated rings. The fourth-order valence-corrected chi connectivity index (χ4v) is 11.2. The number of rotatable bonds is 6. The topological polar surface area (TPSA) is 29.5 Å². The molecule has 2 nitrogen and oxygen atoms in total. The number of aliphatic hydroxyl groups excluding tert-OH is 1. The molecule has 0 aliphatic heterocycles. The molecule has 1 unspecified atom stereocenters. The van der Waals surface area contributed by atoms with Gasteiger partial charge in [0.05, 0.1) is 12.7 Å². The highest BCUT2D eigenvalue weighted by atomic mass is 28.4. The van der Waals surface area contributed by atoms with Crippen molar-refractivity contribution in [2.24, 2.45) is 17.3 Å². The Hall–Kier alpha value is -0.383. The van der Waals surface area contributed by atoms with Crippen molar-refractivity contribution in [3.63, 3.8) is 0 Å². The smallest absolute Gasteiger partial charge is 0.200 e. The molecule has 2 aliphatic carbocycles. The lowest BCUT2D eigenvalue weighted by Crippen LogP contribution is -2.48. The van der Waals surface area contributed by atoms with Crippen LogP contribution in [0.4, 0.5) is 0 Å². The van der Waals surface area contributed by atoms with E-state index < -0.39 is 8.32 Å². The van der Waals surface area contributed by atoms with Crippen molar-refractivity contribution in [3.8, 4) is 0 Å². The van der Waals surface area contributed by atoms with Gasteiger partial charge in [-0.15, -0.1) is 0 Å². The molecular formula is C23H42O2Si. The molecule has 0 aromatic rings. The van der Waals surface area contributed by atoms with Crippen LogP contribution in [-0.2, 0) is 4.43 Å². The van der Waals surface area contributed by atoms with E-state index in [-0.39, 0.29) is 17.4 Å². The Morgan fingerprint density at radius 3 is 2.15 bits per heavy atom. The van der Waals surface area contributed by atoms with Gasteiger partial charge in [-0.2, -0.15) is 0 Å². The van der Waals surface area contributed by atoms with Gasteiger partial charge < -0.3 is 9.53 Å². The highest BCUT2D eigenvalue weighted by Crippen LogP contribution is 2.49. The summed E-state index contributed by atoms with van der Waals surface area (Å²) >= 11 is 0. The second-order valence-corrected chi connectivity index (χ2v) is 15.8. The fourth-order valence-electron chi connectivity index (χ4n) is 5.79. The zero-order valence-electron chi connectivity index (χ0n) is 18.6. The van der Waals surface area contributed by atoms with Gasteiger partial charge in [-0.3, -0.25) is 0 Å². The van der Waals surface area contributed by atoms with Crippen LogP contribution in [0, 0.1) is 17.3 Å². The van der Waals surface area contributed by atoms with Gasteiger partial charge in [0, 0.05) is 5.92 Å². The molecule has 26 heavy (non-hydrogen) atoms. The first-order valence-electron chi connectivity index (χ1n) is 10.7. The quantitative estimate of drug-likeness (QED) is 0.423. The maximum absolute atomic E-state index is 10.7. The molecule has 0 aromatic carbocycles. The predicted molar refractivity (Wildman–Crippen MR) is 115 cm³/mol. The number of hydrogen-bond donors (Lipinski definition) is 1. The molecule has 0 heterocycles. The van der Waals surface area contributed by atoms with Crippen molar-refractivity contribution < 1.29 is 9.53 Å². The zero-order chi connectivity index (χ0) is 19.9. The lowest BCUT2D eigenvalue weighted by molar-refractivity contribution is 0.145. The minimum Gasteiger partial charge on any atom is -0.412 e. The van der Waals surface area contributed by atoms with Gasteiger partial charge in [-0.05, 0) is 46.4 Å². The summed E-state index contributed by atoms with van der Waals surface area (Å²) in [5.41, 5.74) is 4.77. The van der Waals surface area contributed by atoms with Crippen LogP contribution in [0.1, 0.15) is 75.2 Å². The minimum absolute atomic E-state index is 0.114. The minimum atomic E-state index is -1.86. The summed E-state index contributed by atoms with van der Waals surface area (Å²) in [7, 11) is -1.86. The summed E-state index contributed by atoms with van der Waals surface area (Å²) in [4.78, 5) is 0. The molecular weight excluding hydrogens is 336 g/mol. The van der Waals surface area contributed by atoms with Gasteiger partial charge >= 0.3 is 0 Å². The highest BCUT2D eigenvalue weighted by molar-refractivity contribution is 6.77. The Labute approximate surface area is 163 Å². The van der Waals surface area contributed by atoms with E-state index >= 15 is 0 Å². The Morgan fingerprint density at radius 2 is 1.65 bits per heavy atom. The van der Waals surface area contributed by atoms with Crippen molar-refractivity contribution in [1.29, 1.82) is 0 Å². The summed E-state index contributed by atoms with van der Waals surface area (Å²) < 4.78 is 6.88. The van der Waals surface area contributed by atoms with Crippen molar-refractivity contribution in [2.75, 3.05) is 6.61 Å². The van der Waals surface area contributed by atoms with Crippen molar-refractivity contribution >= 4 is 8.32 Å². The van der Waals surface area contributed by atoms with Crippen molar-refractivity contribution in [3.05, 3.63) is 23.3 Å². The third kappa shape index (κ3) is 3.91. The number of hydrogen-bond acceptors (Lipinski definition) is 2. The molecule has 0 radical (unpaired) electrons. The molecule has 2 aliphatic rings. The first kappa shape index (κ1) is 21.9. The van der Waals surface area contributed by atoms with E-state index in [0.717, 1.165) is 19.4 Å². The molecule has 0 amide bonds. The van der Waals surface area contributed by atoms with E-state index in [1.165, 1.54) is 11.1 Å².